The second kappa shape index (κ2) is 6.26. The van der Waals surface area contributed by atoms with Crippen LogP contribution in [0.3, 0.4) is 0 Å². The lowest BCUT2D eigenvalue weighted by atomic mass is 10.2. The molecule has 0 saturated heterocycles. The Hall–Kier alpha value is -1.64. The van der Waals surface area contributed by atoms with Crippen molar-refractivity contribution in [3.05, 3.63) is 72.8 Å². The van der Waals surface area contributed by atoms with E-state index in [9.17, 15) is 0 Å². The number of allylic oxidation sites excluding steroid dienone is 2. The highest BCUT2D eigenvalue weighted by atomic mass is 28.4. The molecule has 2 heteroatoms. The van der Waals surface area contributed by atoms with Gasteiger partial charge in [0.2, 0.25) is 0 Å². The third kappa shape index (κ3) is 2.82. The van der Waals surface area contributed by atoms with Crippen LogP contribution in [0.25, 0.3) is 0 Å². The van der Waals surface area contributed by atoms with Gasteiger partial charge in [0.1, 0.15) is 0 Å². The summed E-state index contributed by atoms with van der Waals surface area (Å²) in [5.74, 6) is 2.35. The Kier molecular flexibility index (Phi) is 4.21. The summed E-state index contributed by atoms with van der Waals surface area (Å²) >= 11 is 0. The smallest absolute Gasteiger partial charge is 0.261 e. The van der Waals surface area contributed by atoms with Crippen molar-refractivity contribution < 1.29 is 4.43 Å². The van der Waals surface area contributed by atoms with Crippen LogP contribution in [0.5, 0.6) is 0 Å². The Labute approximate surface area is 152 Å². The van der Waals surface area contributed by atoms with E-state index in [-0.39, 0.29) is 5.04 Å². The number of hydrogen-bond donors (Lipinski definition) is 0. The maximum Gasteiger partial charge on any atom is 0.261 e. The fourth-order valence-corrected chi connectivity index (χ4v) is 9.30. The van der Waals surface area contributed by atoms with Gasteiger partial charge in [0.05, 0.1) is 0 Å². The van der Waals surface area contributed by atoms with Gasteiger partial charge in [-0.05, 0) is 39.6 Å². The van der Waals surface area contributed by atoms with E-state index in [1.165, 1.54) is 16.8 Å². The monoisotopic (exact) mass is 348 g/mol. The molecule has 1 fully saturated rings. The number of fused-ring (bicyclic) bond motifs is 1. The van der Waals surface area contributed by atoms with E-state index in [0.717, 1.165) is 24.4 Å². The van der Waals surface area contributed by atoms with Gasteiger partial charge in [-0.3, -0.25) is 0 Å². The van der Waals surface area contributed by atoms with Crippen molar-refractivity contribution in [2.75, 3.05) is 6.61 Å². The number of benzene rings is 2. The molecule has 0 bridgehead atoms. The zero-order valence-electron chi connectivity index (χ0n) is 15.5. The first-order valence-electron chi connectivity index (χ1n) is 9.46. The van der Waals surface area contributed by atoms with Gasteiger partial charge in [0.15, 0.2) is 0 Å². The minimum absolute atomic E-state index is 0.0789. The highest BCUT2D eigenvalue weighted by molar-refractivity contribution is 6.99. The van der Waals surface area contributed by atoms with E-state index in [4.69, 9.17) is 4.43 Å². The Bertz CT molecular complexity index is 705. The van der Waals surface area contributed by atoms with Crippen LogP contribution in [-0.2, 0) is 4.43 Å². The summed E-state index contributed by atoms with van der Waals surface area (Å²) in [7, 11) is -2.34. The average molecular weight is 349 g/mol. The predicted octanol–water partition coefficient (Wildman–Crippen LogP) is 4.39. The van der Waals surface area contributed by atoms with Crippen LogP contribution in [0.4, 0.5) is 0 Å². The van der Waals surface area contributed by atoms with Crippen molar-refractivity contribution in [2.24, 2.45) is 17.8 Å². The number of rotatable bonds is 5. The van der Waals surface area contributed by atoms with Crippen molar-refractivity contribution in [3.63, 3.8) is 0 Å². The first kappa shape index (κ1) is 16.8. The molecule has 2 aliphatic rings. The predicted molar refractivity (Wildman–Crippen MR) is 108 cm³/mol. The second-order valence-electron chi connectivity index (χ2n) is 8.54. The summed E-state index contributed by atoms with van der Waals surface area (Å²) in [6.45, 7) is 7.96. The largest absolute Gasteiger partial charge is 0.407 e. The van der Waals surface area contributed by atoms with Gasteiger partial charge in [0, 0.05) is 6.61 Å². The quantitative estimate of drug-likeness (QED) is 0.575. The summed E-state index contributed by atoms with van der Waals surface area (Å²) < 4.78 is 7.03. The van der Waals surface area contributed by atoms with Gasteiger partial charge in [-0.1, -0.05) is 93.6 Å². The SMILES string of the molecule is CC(C)(C)[Si](OC[C@H]1[C@@H]2C=CC[C@@H]21)(c1ccccc1)c1ccccc1. The molecule has 2 aromatic carbocycles. The van der Waals surface area contributed by atoms with Gasteiger partial charge in [-0.2, -0.15) is 0 Å². The molecule has 1 nitrogen and oxygen atoms in total. The molecule has 1 saturated carbocycles. The fourth-order valence-electron chi connectivity index (χ4n) is 4.70. The maximum absolute atomic E-state index is 7.03. The number of hydrogen-bond acceptors (Lipinski definition) is 1. The minimum Gasteiger partial charge on any atom is -0.407 e. The van der Waals surface area contributed by atoms with Crippen LogP contribution >= 0.6 is 0 Å². The molecule has 0 spiro atoms. The molecular weight excluding hydrogens is 320 g/mol. The van der Waals surface area contributed by atoms with Crippen LogP contribution in [0, 0.1) is 17.8 Å². The summed E-state index contributed by atoms with van der Waals surface area (Å²) in [5, 5.41) is 2.85. The highest BCUT2D eigenvalue weighted by Gasteiger charge is 2.54. The fraction of sp³-hybridized carbons (Fsp3) is 0.391. The molecule has 0 aliphatic heterocycles. The van der Waals surface area contributed by atoms with E-state index >= 15 is 0 Å². The first-order valence-corrected chi connectivity index (χ1v) is 11.4. The van der Waals surface area contributed by atoms with Crippen LogP contribution < -0.4 is 10.4 Å². The Morgan fingerprint density at radius 3 is 1.92 bits per heavy atom. The van der Waals surface area contributed by atoms with Crippen molar-refractivity contribution in [1.82, 2.24) is 0 Å². The highest BCUT2D eigenvalue weighted by Crippen LogP contribution is 2.54. The van der Waals surface area contributed by atoms with E-state index in [0.29, 0.717) is 0 Å². The summed E-state index contributed by atoms with van der Waals surface area (Å²) in [5.41, 5.74) is 0. The zero-order valence-corrected chi connectivity index (χ0v) is 16.5. The molecule has 0 radical (unpaired) electrons. The lowest BCUT2D eigenvalue weighted by Crippen LogP contribution is -2.66. The van der Waals surface area contributed by atoms with Crippen molar-refractivity contribution in [3.8, 4) is 0 Å². The van der Waals surface area contributed by atoms with Crippen LogP contribution in [-0.4, -0.2) is 14.9 Å². The molecule has 0 amide bonds. The van der Waals surface area contributed by atoms with Gasteiger partial charge in [0.25, 0.3) is 8.32 Å². The third-order valence-electron chi connectivity index (χ3n) is 6.07. The Morgan fingerprint density at radius 1 is 0.920 bits per heavy atom. The van der Waals surface area contributed by atoms with Gasteiger partial charge in [-0.25, -0.2) is 0 Å². The van der Waals surface area contributed by atoms with Gasteiger partial charge >= 0.3 is 0 Å². The molecule has 0 unspecified atom stereocenters. The molecule has 0 N–H and O–H groups in total. The van der Waals surface area contributed by atoms with Crippen LogP contribution in [0.15, 0.2) is 72.8 Å². The second-order valence-corrected chi connectivity index (χ2v) is 12.8. The van der Waals surface area contributed by atoms with Gasteiger partial charge in [-0.15, -0.1) is 0 Å². The molecule has 0 aromatic heterocycles. The molecule has 25 heavy (non-hydrogen) atoms. The summed E-state index contributed by atoms with van der Waals surface area (Å²) in [4.78, 5) is 0. The average Bonchev–Trinajstić information content (AvgIpc) is 3.04. The Morgan fingerprint density at radius 2 is 1.48 bits per heavy atom. The summed E-state index contributed by atoms with van der Waals surface area (Å²) in [6, 6.07) is 21.9. The van der Waals surface area contributed by atoms with Crippen LogP contribution in [0.1, 0.15) is 27.2 Å². The van der Waals surface area contributed by atoms with E-state index in [2.05, 4.69) is 93.6 Å². The first-order chi connectivity index (χ1) is 12.0. The molecule has 3 atom stereocenters. The van der Waals surface area contributed by atoms with E-state index < -0.39 is 8.32 Å². The molecule has 2 aromatic rings. The summed E-state index contributed by atoms with van der Waals surface area (Å²) in [6.07, 6.45) is 6.00. The van der Waals surface area contributed by atoms with Gasteiger partial charge < -0.3 is 4.43 Å². The lowest BCUT2D eigenvalue weighted by molar-refractivity contribution is 0.270. The van der Waals surface area contributed by atoms with Crippen molar-refractivity contribution in [2.45, 2.75) is 32.2 Å². The van der Waals surface area contributed by atoms with Crippen LogP contribution in [0.2, 0.25) is 5.04 Å². The zero-order chi connectivity index (χ0) is 17.5. The van der Waals surface area contributed by atoms with Crippen molar-refractivity contribution in [1.29, 1.82) is 0 Å². The Balaban J connectivity index is 1.74. The molecular formula is C23H28OSi. The molecule has 0 heterocycles. The molecule has 130 valence electrons. The lowest BCUT2D eigenvalue weighted by Gasteiger charge is -2.43. The topological polar surface area (TPSA) is 9.23 Å². The minimum atomic E-state index is -2.34. The van der Waals surface area contributed by atoms with E-state index in [1.54, 1.807) is 0 Å². The third-order valence-corrected chi connectivity index (χ3v) is 11.1. The standard InChI is InChI=1S/C23H28OSi/c1-23(2,3)25(18-11-6-4-7-12-18,19-13-8-5-9-14-19)24-17-22-20-15-10-16-21(20)22/h4-15,20-22H,16-17H2,1-3H3/t20-,21+,22+/m1/s1. The molecule has 2 aliphatic carbocycles. The molecule has 4 rings (SSSR count). The maximum atomic E-state index is 7.03. The van der Waals surface area contributed by atoms with E-state index in [1.807, 2.05) is 0 Å². The normalized spacial score (nSPS) is 25.0. The van der Waals surface area contributed by atoms with Crippen molar-refractivity contribution >= 4 is 18.7 Å².